The molecule has 0 aliphatic heterocycles. The molecule has 0 unspecified atom stereocenters. The van der Waals surface area contributed by atoms with Crippen LogP contribution in [-0.2, 0) is 0 Å². The van der Waals surface area contributed by atoms with E-state index >= 15 is 0 Å². The fourth-order valence-corrected chi connectivity index (χ4v) is 2.65. The number of aliphatic hydroxyl groups is 1. The lowest BCUT2D eigenvalue weighted by atomic mass is 9.93. The van der Waals surface area contributed by atoms with Gasteiger partial charge < -0.3 is 15.7 Å². The van der Waals surface area contributed by atoms with Crippen molar-refractivity contribution in [3.05, 3.63) is 29.3 Å². The zero-order chi connectivity index (χ0) is 15.9. The molecule has 3 N–H and O–H groups in total. The van der Waals surface area contributed by atoms with E-state index < -0.39 is 5.60 Å². The van der Waals surface area contributed by atoms with E-state index in [9.17, 15) is 9.90 Å². The minimum atomic E-state index is -0.804. The molecule has 0 atom stereocenters. The molecule has 0 bridgehead atoms. The van der Waals surface area contributed by atoms with E-state index in [2.05, 4.69) is 10.6 Å². The number of anilines is 1. The smallest absolute Gasteiger partial charge is 0.319 e. The Kier molecular flexibility index (Phi) is 6.69. The maximum absolute atomic E-state index is 12.0. The third-order valence-electron chi connectivity index (χ3n) is 3.73. The van der Waals surface area contributed by atoms with Gasteiger partial charge in [-0.05, 0) is 37.8 Å². The van der Waals surface area contributed by atoms with Crippen molar-refractivity contribution in [1.29, 1.82) is 0 Å². The van der Waals surface area contributed by atoms with E-state index in [1.165, 1.54) is 0 Å². The predicted molar refractivity (Wildman–Crippen MR) is 87.7 cm³/mol. The highest BCUT2D eigenvalue weighted by molar-refractivity contribution is 5.91. The number of rotatable bonds is 7. The molecule has 0 saturated carbocycles. The number of benzene rings is 1. The average molecular weight is 292 g/mol. The monoisotopic (exact) mass is 292 g/mol. The van der Waals surface area contributed by atoms with Gasteiger partial charge >= 0.3 is 6.03 Å². The number of amides is 2. The fourth-order valence-electron chi connectivity index (χ4n) is 2.65. The standard InChI is InChI=1S/C17H28N2O2/c1-5-10-17(21,11-6-2)12-18-16(20)19-15-13(3)8-7-9-14(15)4/h7-9,21H,5-6,10-12H2,1-4H3,(H2,18,19,20). The molecule has 0 aliphatic carbocycles. The van der Waals surface area contributed by atoms with Crippen LogP contribution < -0.4 is 10.6 Å². The van der Waals surface area contributed by atoms with Gasteiger partial charge in [0.1, 0.15) is 0 Å². The van der Waals surface area contributed by atoms with Gasteiger partial charge in [0.25, 0.3) is 0 Å². The van der Waals surface area contributed by atoms with E-state index in [0.717, 1.165) is 29.7 Å². The molecule has 2 amide bonds. The van der Waals surface area contributed by atoms with Crippen LogP contribution >= 0.6 is 0 Å². The minimum Gasteiger partial charge on any atom is -0.388 e. The van der Waals surface area contributed by atoms with Crippen LogP contribution in [0.1, 0.15) is 50.7 Å². The van der Waals surface area contributed by atoms with Crippen LogP contribution in [-0.4, -0.2) is 23.3 Å². The Balaban J connectivity index is 2.61. The van der Waals surface area contributed by atoms with Crippen molar-refractivity contribution in [3.63, 3.8) is 0 Å². The summed E-state index contributed by atoms with van der Waals surface area (Å²) >= 11 is 0. The number of carbonyl (C=O) groups is 1. The lowest BCUT2D eigenvalue weighted by Crippen LogP contribution is -2.44. The Morgan fingerprint density at radius 3 is 2.14 bits per heavy atom. The zero-order valence-electron chi connectivity index (χ0n) is 13.6. The third kappa shape index (κ3) is 5.38. The molecule has 1 aromatic rings. The highest BCUT2D eigenvalue weighted by atomic mass is 16.3. The van der Waals surface area contributed by atoms with Gasteiger partial charge in [0.15, 0.2) is 0 Å². The molecular weight excluding hydrogens is 264 g/mol. The fraction of sp³-hybridized carbons (Fsp3) is 0.588. The molecule has 118 valence electrons. The summed E-state index contributed by atoms with van der Waals surface area (Å²) in [6.07, 6.45) is 3.20. The summed E-state index contributed by atoms with van der Waals surface area (Å²) in [6.45, 7) is 8.29. The van der Waals surface area contributed by atoms with E-state index in [1.54, 1.807) is 0 Å². The molecule has 0 aliphatic rings. The van der Waals surface area contributed by atoms with Crippen molar-refractivity contribution in [1.82, 2.24) is 5.32 Å². The summed E-state index contributed by atoms with van der Waals surface area (Å²) < 4.78 is 0. The van der Waals surface area contributed by atoms with Crippen molar-refractivity contribution in [2.24, 2.45) is 0 Å². The van der Waals surface area contributed by atoms with Crippen molar-refractivity contribution in [2.75, 3.05) is 11.9 Å². The minimum absolute atomic E-state index is 0.266. The van der Waals surface area contributed by atoms with Gasteiger partial charge in [-0.15, -0.1) is 0 Å². The first kappa shape index (κ1) is 17.5. The average Bonchev–Trinajstić information content (AvgIpc) is 2.42. The summed E-state index contributed by atoms with van der Waals surface area (Å²) in [5.41, 5.74) is 2.09. The van der Waals surface area contributed by atoms with Gasteiger partial charge in [-0.25, -0.2) is 4.79 Å². The number of carbonyl (C=O) groups excluding carboxylic acids is 1. The second-order valence-electron chi connectivity index (χ2n) is 5.80. The summed E-state index contributed by atoms with van der Waals surface area (Å²) in [5, 5.41) is 16.2. The van der Waals surface area contributed by atoms with Gasteiger partial charge in [0.05, 0.1) is 5.60 Å². The lowest BCUT2D eigenvalue weighted by Gasteiger charge is -2.28. The Labute approximate surface area is 128 Å². The highest BCUT2D eigenvalue weighted by Gasteiger charge is 2.25. The molecule has 1 aromatic carbocycles. The molecule has 4 heteroatoms. The first-order valence-electron chi connectivity index (χ1n) is 7.75. The van der Waals surface area contributed by atoms with Gasteiger partial charge in [-0.2, -0.15) is 0 Å². The van der Waals surface area contributed by atoms with Crippen LogP contribution in [0.5, 0.6) is 0 Å². The molecule has 0 saturated heterocycles. The molecule has 0 spiro atoms. The summed E-state index contributed by atoms with van der Waals surface area (Å²) in [6, 6.07) is 5.63. The number of para-hydroxylation sites is 1. The summed E-state index contributed by atoms with van der Waals surface area (Å²) in [5.74, 6) is 0. The van der Waals surface area contributed by atoms with Crippen LogP contribution in [0.4, 0.5) is 10.5 Å². The Bertz CT molecular complexity index is 446. The maximum Gasteiger partial charge on any atom is 0.319 e. The molecule has 0 radical (unpaired) electrons. The topological polar surface area (TPSA) is 61.4 Å². The number of hydrogen-bond acceptors (Lipinski definition) is 2. The SMILES string of the molecule is CCCC(O)(CCC)CNC(=O)Nc1c(C)cccc1C. The number of urea groups is 1. The first-order valence-corrected chi connectivity index (χ1v) is 7.75. The molecular formula is C17H28N2O2. The predicted octanol–water partition coefficient (Wildman–Crippen LogP) is 3.76. The van der Waals surface area contributed by atoms with Crippen molar-refractivity contribution in [2.45, 2.75) is 59.0 Å². The van der Waals surface area contributed by atoms with Gasteiger partial charge in [-0.3, -0.25) is 0 Å². The summed E-state index contributed by atoms with van der Waals surface area (Å²) in [4.78, 5) is 12.0. The van der Waals surface area contributed by atoms with Gasteiger partial charge in [-0.1, -0.05) is 44.9 Å². The number of aryl methyl sites for hydroxylation is 2. The normalized spacial score (nSPS) is 11.3. The Hall–Kier alpha value is -1.55. The molecule has 0 fully saturated rings. The van der Waals surface area contributed by atoms with E-state index in [1.807, 2.05) is 45.9 Å². The lowest BCUT2D eigenvalue weighted by molar-refractivity contribution is 0.0245. The van der Waals surface area contributed by atoms with Crippen LogP contribution in [0.3, 0.4) is 0 Å². The van der Waals surface area contributed by atoms with Gasteiger partial charge in [0, 0.05) is 12.2 Å². The first-order chi connectivity index (χ1) is 9.91. The van der Waals surface area contributed by atoms with E-state index in [-0.39, 0.29) is 12.6 Å². The second kappa shape index (κ2) is 8.03. The van der Waals surface area contributed by atoms with E-state index in [4.69, 9.17) is 0 Å². The van der Waals surface area contributed by atoms with Crippen molar-refractivity contribution < 1.29 is 9.90 Å². The number of hydrogen-bond donors (Lipinski definition) is 3. The van der Waals surface area contributed by atoms with Crippen LogP contribution in [0.2, 0.25) is 0 Å². The quantitative estimate of drug-likeness (QED) is 0.716. The molecule has 4 nitrogen and oxygen atoms in total. The van der Waals surface area contributed by atoms with Gasteiger partial charge in [0.2, 0.25) is 0 Å². The van der Waals surface area contributed by atoms with E-state index in [0.29, 0.717) is 12.8 Å². The maximum atomic E-state index is 12.0. The number of nitrogens with one attached hydrogen (secondary N) is 2. The van der Waals surface area contributed by atoms with Crippen molar-refractivity contribution >= 4 is 11.7 Å². The van der Waals surface area contributed by atoms with Crippen molar-refractivity contribution in [3.8, 4) is 0 Å². The molecule has 0 aromatic heterocycles. The van der Waals surface area contributed by atoms with Crippen LogP contribution in [0, 0.1) is 13.8 Å². The molecule has 1 rings (SSSR count). The Morgan fingerprint density at radius 2 is 1.67 bits per heavy atom. The molecule has 0 heterocycles. The largest absolute Gasteiger partial charge is 0.388 e. The van der Waals surface area contributed by atoms with Crippen LogP contribution in [0.15, 0.2) is 18.2 Å². The molecule has 21 heavy (non-hydrogen) atoms. The Morgan fingerprint density at radius 1 is 1.14 bits per heavy atom. The van der Waals surface area contributed by atoms with Crippen LogP contribution in [0.25, 0.3) is 0 Å². The second-order valence-corrected chi connectivity index (χ2v) is 5.80. The third-order valence-corrected chi connectivity index (χ3v) is 3.73. The highest BCUT2D eigenvalue weighted by Crippen LogP contribution is 2.20. The summed E-state index contributed by atoms with van der Waals surface area (Å²) in [7, 11) is 0. The zero-order valence-corrected chi connectivity index (χ0v) is 13.6.